The fourth-order valence-electron chi connectivity index (χ4n) is 5.66. The number of hydrogen-bond donors (Lipinski definition) is 0. The average Bonchev–Trinajstić information content (AvgIpc) is 3.62. The highest BCUT2D eigenvalue weighted by molar-refractivity contribution is 8.59. The first kappa shape index (κ1) is 40.3. The lowest BCUT2D eigenvalue weighted by atomic mass is 9.98. The van der Waals surface area contributed by atoms with Gasteiger partial charge in [-0.05, 0) is 81.5 Å². The van der Waals surface area contributed by atoms with Crippen LogP contribution in [0.3, 0.4) is 0 Å². The Morgan fingerprint density at radius 2 is 1.43 bits per heavy atom. The maximum atomic E-state index is 6.11. The Balaban J connectivity index is 0.000000321. The van der Waals surface area contributed by atoms with Gasteiger partial charge in [0.25, 0.3) is 0 Å². The van der Waals surface area contributed by atoms with Gasteiger partial charge < -0.3 is 18.7 Å². The van der Waals surface area contributed by atoms with Gasteiger partial charge in [0.2, 0.25) is 0 Å². The van der Waals surface area contributed by atoms with Crippen molar-refractivity contribution in [2.24, 2.45) is 17.8 Å². The quantitative estimate of drug-likeness (QED) is 0.154. The van der Waals surface area contributed by atoms with Crippen molar-refractivity contribution in [3.05, 3.63) is 61.3 Å². The molecule has 0 bridgehead atoms. The van der Waals surface area contributed by atoms with Crippen molar-refractivity contribution in [2.45, 2.75) is 137 Å². The normalized spacial score (nSPS) is 29.5. The zero-order chi connectivity index (χ0) is 32.0. The Morgan fingerprint density at radius 3 is 1.86 bits per heavy atom. The van der Waals surface area contributed by atoms with E-state index in [2.05, 4.69) is 98.7 Å². The highest BCUT2D eigenvalue weighted by atomic mass is 32.6. The topological polar surface area (TPSA) is 36.9 Å². The van der Waals surface area contributed by atoms with Crippen LogP contribution in [-0.2, 0) is 18.7 Å². The second-order valence-electron chi connectivity index (χ2n) is 12.6. The third-order valence-electron chi connectivity index (χ3n) is 7.72. The lowest BCUT2D eigenvalue weighted by Crippen LogP contribution is -2.28. The minimum atomic E-state index is -0.386. The van der Waals surface area contributed by atoms with E-state index < -0.39 is 0 Å². The Kier molecular flexibility index (Phi) is 20.3. The van der Waals surface area contributed by atoms with Gasteiger partial charge in [0.1, 0.15) is 0 Å². The Bertz CT molecular complexity index is 872. The van der Waals surface area contributed by atoms with Crippen molar-refractivity contribution in [3.8, 4) is 0 Å². The monoisotopic (exact) mass is 658 g/mol. The number of ether oxygens (including phenoxy) is 3. The lowest BCUT2D eigenvalue weighted by Gasteiger charge is -2.26. The van der Waals surface area contributed by atoms with Gasteiger partial charge in [-0.3, -0.25) is 0 Å². The molecule has 0 aromatic carbocycles. The molecular weight excluding hydrogens is 596 g/mol. The standard InChI is InChI=1S/C12H20O.C11H24O2P4.C11H18O/c1-5-6-7-11-8-10(4)12(13-11)9(2)3;1-5-9(13-17(15)16-14)10-6-8(4)11(12-10)7(2)3;1-5-6-10-7-9(4)11(12-10)8(2)3/h5,9,11-12H,1,4,6-8H2,2-3H3;7,9-11,16H,4-6,14-15H2,1-3H3;5-6,8,10-11H,4,7H2,1-3H3/b;;6-5+/t11-,12-;9?,10-,11+,17?;10-,11-/m010/s1. The molecule has 242 valence electrons. The molecule has 42 heavy (non-hydrogen) atoms. The Morgan fingerprint density at radius 1 is 0.905 bits per heavy atom. The molecule has 3 heterocycles. The summed E-state index contributed by atoms with van der Waals surface area (Å²) in [6.45, 7) is 33.2. The third kappa shape index (κ3) is 13.7. The Labute approximate surface area is 267 Å². The predicted octanol–water partition coefficient (Wildman–Crippen LogP) is 11.0. The largest absolute Gasteiger partial charge is 0.370 e. The molecule has 3 fully saturated rings. The van der Waals surface area contributed by atoms with Crippen LogP contribution < -0.4 is 0 Å². The summed E-state index contributed by atoms with van der Waals surface area (Å²) < 4.78 is 23.8. The third-order valence-corrected chi connectivity index (χ3v) is 16.2. The van der Waals surface area contributed by atoms with Gasteiger partial charge in [0.15, 0.2) is 0 Å². The van der Waals surface area contributed by atoms with Crippen LogP contribution in [0.1, 0.15) is 93.9 Å². The smallest absolute Gasteiger partial charge is 0.0889 e. The van der Waals surface area contributed by atoms with Crippen molar-refractivity contribution in [2.75, 3.05) is 0 Å². The molecule has 0 amide bonds. The van der Waals surface area contributed by atoms with E-state index in [0.717, 1.165) is 46.5 Å². The van der Waals surface area contributed by atoms with Crippen LogP contribution in [0.25, 0.3) is 0 Å². The molecule has 3 saturated heterocycles. The summed E-state index contributed by atoms with van der Waals surface area (Å²) >= 11 is 0. The molecule has 0 aliphatic carbocycles. The van der Waals surface area contributed by atoms with Gasteiger partial charge in [-0.2, -0.15) is 0 Å². The summed E-state index contributed by atoms with van der Waals surface area (Å²) in [4.78, 5) is 0. The van der Waals surface area contributed by atoms with Crippen molar-refractivity contribution < 1.29 is 18.7 Å². The Hall–Kier alpha value is 0.260. The molecule has 4 nitrogen and oxygen atoms in total. The SMILES string of the molecule is C=C1C[C@H](/C=C/C)O[C@H]1C(C)C.C=C1C[C@H](C(CC)OP(P)PP)O[C@H]1C(C)C.C=CCC[C@H]1CC(=C)[C@H](C(C)C)O1. The average molecular weight is 659 g/mol. The minimum absolute atomic E-state index is 0.201. The van der Waals surface area contributed by atoms with Gasteiger partial charge in [0.05, 0.1) is 50.3 Å². The maximum Gasteiger partial charge on any atom is 0.0889 e. The van der Waals surface area contributed by atoms with E-state index in [4.69, 9.17) is 18.7 Å². The van der Waals surface area contributed by atoms with E-state index in [1.54, 1.807) is 0 Å². The highest BCUT2D eigenvalue weighted by Gasteiger charge is 2.36. The summed E-state index contributed by atoms with van der Waals surface area (Å²) in [5.41, 5.74) is 3.74. The van der Waals surface area contributed by atoms with E-state index in [0.29, 0.717) is 23.9 Å². The molecule has 5 unspecified atom stereocenters. The molecular formula is C34H62O4P4. The van der Waals surface area contributed by atoms with E-state index in [1.807, 2.05) is 19.1 Å². The molecule has 3 rings (SSSR count). The van der Waals surface area contributed by atoms with Crippen LogP contribution >= 0.6 is 33.3 Å². The first-order valence-corrected chi connectivity index (χ1v) is 22.2. The molecule has 0 N–H and O–H groups in total. The number of allylic oxidation sites excluding steroid dienone is 2. The number of hydrogen-bond acceptors (Lipinski definition) is 4. The van der Waals surface area contributed by atoms with Crippen LogP contribution in [-0.4, -0.2) is 42.7 Å². The number of rotatable bonds is 12. The fraction of sp³-hybridized carbons (Fsp3) is 0.706. The molecule has 0 radical (unpaired) electrons. The lowest BCUT2D eigenvalue weighted by molar-refractivity contribution is -0.0300. The van der Waals surface area contributed by atoms with Gasteiger partial charge >= 0.3 is 0 Å². The van der Waals surface area contributed by atoms with Gasteiger partial charge in [-0.15, -0.1) is 15.5 Å². The second-order valence-corrected chi connectivity index (χ2v) is 21.1. The maximum absolute atomic E-state index is 6.11. The molecule has 3 aliphatic heterocycles. The highest BCUT2D eigenvalue weighted by Crippen LogP contribution is 2.67. The zero-order valence-electron chi connectivity index (χ0n) is 27.8. The summed E-state index contributed by atoms with van der Waals surface area (Å²) in [6, 6.07) is 0. The van der Waals surface area contributed by atoms with Crippen molar-refractivity contribution in [3.63, 3.8) is 0 Å². The van der Waals surface area contributed by atoms with Crippen molar-refractivity contribution >= 4 is 33.3 Å². The van der Waals surface area contributed by atoms with Crippen molar-refractivity contribution in [1.29, 1.82) is 0 Å². The summed E-state index contributed by atoms with van der Waals surface area (Å²) in [7, 11) is 5.96. The van der Waals surface area contributed by atoms with Crippen LogP contribution in [0.15, 0.2) is 61.3 Å². The van der Waals surface area contributed by atoms with Gasteiger partial charge in [0, 0.05) is 6.42 Å². The minimum Gasteiger partial charge on any atom is -0.370 e. The molecule has 11 atom stereocenters. The molecule has 8 heteroatoms. The van der Waals surface area contributed by atoms with Crippen LogP contribution in [0.2, 0.25) is 0 Å². The summed E-state index contributed by atoms with van der Waals surface area (Å²) in [6.07, 6.45) is 14.1. The van der Waals surface area contributed by atoms with Crippen LogP contribution in [0.5, 0.6) is 0 Å². The molecule has 0 spiro atoms. The second kappa shape index (κ2) is 21.1. The summed E-state index contributed by atoms with van der Waals surface area (Å²) in [5.74, 6) is 1.61. The molecule has 3 aliphatic rings. The first-order valence-electron chi connectivity index (χ1n) is 15.7. The van der Waals surface area contributed by atoms with Gasteiger partial charge in [-0.25, -0.2) is 0 Å². The van der Waals surface area contributed by atoms with Crippen LogP contribution in [0.4, 0.5) is 0 Å². The van der Waals surface area contributed by atoms with E-state index in [9.17, 15) is 0 Å². The van der Waals surface area contributed by atoms with E-state index >= 15 is 0 Å². The van der Waals surface area contributed by atoms with Crippen LogP contribution in [0, 0.1) is 17.8 Å². The van der Waals surface area contributed by atoms with Gasteiger partial charge in [-0.1, -0.05) is 95.4 Å². The summed E-state index contributed by atoms with van der Waals surface area (Å²) in [5, 5.41) is 0. The zero-order valence-corrected chi connectivity index (χ0v) is 32.0. The van der Waals surface area contributed by atoms with E-state index in [1.165, 1.54) is 16.7 Å². The fourth-order valence-corrected chi connectivity index (χ4v) is 7.91. The molecule has 0 aromatic heterocycles. The predicted molar refractivity (Wildman–Crippen MR) is 196 cm³/mol. The molecule has 0 aromatic rings. The van der Waals surface area contributed by atoms with E-state index in [-0.39, 0.29) is 44.1 Å². The first-order chi connectivity index (χ1) is 19.8. The van der Waals surface area contributed by atoms with Crippen molar-refractivity contribution in [1.82, 2.24) is 0 Å². The molecule has 0 saturated carbocycles.